The van der Waals surface area contributed by atoms with E-state index in [1.54, 1.807) is 18.3 Å². The lowest BCUT2D eigenvalue weighted by atomic mass is 10.1. The SMILES string of the molecule is COC(=O)[C@@H](Cc1ccc(OC)nc1)NC(=O)COCc1ccccc1. The van der Waals surface area contributed by atoms with Crippen molar-refractivity contribution in [1.29, 1.82) is 0 Å². The van der Waals surface area contributed by atoms with E-state index in [9.17, 15) is 9.59 Å². The maximum Gasteiger partial charge on any atom is 0.328 e. The van der Waals surface area contributed by atoms with Crippen LogP contribution < -0.4 is 10.1 Å². The molecule has 0 spiro atoms. The highest BCUT2D eigenvalue weighted by Gasteiger charge is 2.22. The lowest BCUT2D eigenvalue weighted by Crippen LogP contribution is -2.44. The second-order valence-corrected chi connectivity index (χ2v) is 5.53. The Morgan fingerprint density at radius 1 is 1.08 bits per heavy atom. The summed E-state index contributed by atoms with van der Waals surface area (Å²) in [5, 5.41) is 2.63. The van der Waals surface area contributed by atoms with Gasteiger partial charge in [-0.1, -0.05) is 36.4 Å². The molecule has 26 heavy (non-hydrogen) atoms. The van der Waals surface area contributed by atoms with Gasteiger partial charge in [0.15, 0.2) is 0 Å². The lowest BCUT2D eigenvalue weighted by molar-refractivity contribution is -0.145. The number of carbonyl (C=O) groups is 2. The van der Waals surface area contributed by atoms with E-state index in [4.69, 9.17) is 14.2 Å². The largest absolute Gasteiger partial charge is 0.481 e. The number of nitrogens with one attached hydrogen (secondary N) is 1. The Balaban J connectivity index is 1.87. The molecule has 1 atom stereocenters. The Hall–Kier alpha value is -2.93. The molecule has 2 aromatic rings. The number of methoxy groups -OCH3 is 2. The summed E-state index contributed by atoms with van der Waals surface area (Å²) in [5.74, 6) is -0.447. The first-order chi connectivity index (χ1) is 12.6. The zero-order valence-corrected chi connectivity index (χ0v) is 14.8. The van der Waals surface area contributed by atoms with Crippen molar-refractivity contribution in [3.8, 4) is 5.88 Å². The minimum atomic E-state index is -0.817. The first-order valence-electron chi connectivity index (χ1n) is 8.10. The van der Waals surface area contributed by atoms with Crippen molar-refractivity contribution in [2.75, 3.05) is 20.8 Å². The van der Waals surface area contributed by atoms with Gasteiger partial charge in [-0.25, -0.2) is 9.78 Å². The summed E-state index contributed by atoms with van der Waals surface area (Å²) in [4.78, 5) is 28.1. The summed E-state index contributed by atoms with van der Waals surface area (Å²) in [7, 11) is 2.80. The van der Waals surface area contributed by atoms with Gasteiger partial charge in [-0.15, -0.1) is 0 Å². The smallest absolute Gasteiger partial charge is 0.328 e. The van der Waals surface area contributed by atoms with E-state index < -0.39 is 17.9 Å². The Bertz CT molecular complexity index is 704. The molecule has 0 unspecified atom stereocenters. The van der Waals surface area contributed by atoms with E-state index in [1.165, 1.54) is 14.2 Å². The standard InChI is InChI=1S/C19H22N2O5/c1-24-18-9-8-15(11-20-18)10-16(19(23)25-2)21-17(22)13-26-12-14-6-4-3-5-7-14/h3-9,11,16H,10,12-13H2,1-2H3,(H,21,22)/t16-/m1/s1. The van der Waals surface area contributed by atoms with Crippen molar-refractivity contribution in [2.24, 2.45) is 0 Å². The number of pyridine rings is 1. The van der Waals surface area contributed by atoms with Gasteiger partial charge in [0.2, 0.25) is 11.8 Å². The van der Waals surface area contributed by atoms with Crippen LogP contribution in [0.15, 0.2) is 48.7 Å². The van der Waals surface area contributed by atoms with Gasteiger partial charge < -0.3 is 19.5 Å². The second-order valence-electron chi connectivity index (χ2n) is 5.53. The van der Waals surface area contributed by atoms with E-state index >= 15 is 0 Å². The molecule has 0 aliphatic rings. The van der Waals surface area contributed by atoms with Crippen molar-refractivity contribution < 1.29 is 23.8 Å². The third-order valence-corrected chi connectivity index (χ3v) is 3.61. The number of carbonyl (C=O) groups excluding carboxylic acids is 2. The molecule has 1 aromatic carbocycles. The molecule has 7 nitrogen and oxygen atoms in total. The zero-order chi connectivity index (χ0) is 18.8. The monoisotopic (exact) mass is 358 g/mol. The first kappa shape index (κ1) is 19.4. The lowest BCUT2D eigenvalue weighted by Gasteiger charge is -2.16. The van der Waals surface area contributed by atoms with E-state index in [1.807, 2.05) is 30.3 Å². The van der Waals surface area contributed by atoms with Gasteiger partial charge in [0.1, 0.15) is 12.6 Å². The van der Waals surface area contributed by atoms with Crippen molar-refractivity contribution in [2.45, 2.75) is 19.1 Å². The predicted molar refractivity (Wildman–Crippen MR) is 94.5 cm³/mol. The van der Waals surface area contributed by atoms with Gasteiger partial charge in [-0.3, -0.25) is 4.79 Å². The quantitative estimate of drug-likeness (QED) is 0.684. The highest BCUT2D eigenvalue weighted by molar-refractivity contribution is 5.85. The van der Waals surface area contributed by atoms with Crippen LogP contribution >= 0.6 is 0 Å². The molecule has 0 bridgehead atoms. The Kier molecular flexibility index (Phi) is 7.57. The fraction of sp³-hybridized carbons (Fsp3) is 0.316. The highest BCUT2D eigenvalue weighted by atomic mass is 16.5. The fourth-order valence-electron chi connectivity index (χ4n) is 2.30. The average molecular weight is 358 g/mol. The van der Waals surface area contributed by atoms with E-state index in [0.29, 0.717) is 12.5 Å². The van der Waals surface area contributed by atoms with Gasteiger partial charge in [0.25, 0.3) is 0 Å². The molecule has 0 fully saturated rings. The second kappa shape index (κ2) is 10.1. The first-order valence-corrected chi connectivity index (χ1v) is 8.10. The summed E-state index contributed by atoms with van der Waals surface area (Å²) >= 11 is 0. The molecule has 0 radical (unpaired) electrons. The molecule has 138 valence electrons. The molecule has 0 aliphatic carbocycles. The maximum atomic E-state index is 12.1. The zero-order valence-electron chi connectivity index (χ0n) is 14.8. The van der Waals surface area contributed by atoms with Gasteiger partial charge in [0, 0.05) is 18.7 Å². The molecule has 0 aliphatic heterocycles. The number of nitrogens with zero attached hydrogens (tertiary/aromatic N) is 1. The van der Waals surface area contributed by atoms with Crippen LogP contribution in [0.5, 0.6) is 5.88 Å². The normalized spacial score (nSPS) is 11.5. The summed E-state index contributed by atoms with van der Waals surface area (Å²) in [5.41, 5.74) is 1.74. The van der Waals surface area contributed by atoms with Crippen LogP contribution in [-0.4, -0.2) is 43.7 Å². The van der Waals surface area contributed by atoms with Crippen LogP contribution in [0.25, 0.3) is 0 Å². The number of ether oxygens (including phenoxy) is 3. The van der Waals surface area contributed by atoms with Crippen LogP contribution in [0.3, 0.4) is 0 Å². The summed E-state index contributed by atoms with van der Waals surface area (Å²) in [6.07, 6.45) is 1.85. The van der Waals surface area contributed by atoms with E-state index in [2.05, 4.69) is 10.3 Å². The predicted octanol–water partition coefficient (Wildman–Crippen LogP) is 1.51. The molecular weight excluding hydrogens is 336 g/mol. The number of aromatic nitrogens is 1. The number of hydrogen-bond acceptors (Lipinski definition) is 6. The van der Waals surface area contributed by atoms with E-state index in [-0.39, 0.29) is 13.0 Å². The molecule has 0 saturated heterocycles. The van der Waals surface area contributed by atoms with Crippen LogP contribution in [0, 0.1) is 0 Å². The van der Waals surface area contributed by atoms with Gasteiger partial charge in [-0.05, 0) is 11.1 Å². The highest BCUT2D eigenvalue weighted by Crippen LogP contribution is 2.09. The number of rotatable bonds is 9. The third-order valence-electron chi connectivity index (χ3n) is 3.61. The third kappa shape index (κ3) is 6.18. The van der Waals surface area contributed by atoms with Crippen molar-refractivity contribution in [1.82, 2.24) is 10.3 Å². The van der Waals surface area contributed by atoms with Crippen LogP contribution in [-0.2, 0) is 32.1 Å². The molecule has 7 heteroatoms. The molecule has 1 amide bonds. The van der Waals surface area contributed by atoms with Crippen LogP contribution in [0.1, 0.15) is 11.1 Å². The van der Waals surface area contributed by atoms with Crippen molar-refractivity contribution in [3.63, 3.8) is 0 Å². The minimum Gasteiger partial charge on any atom is -0.481 e. The summed E-state index contributed by atoms with van der Waals surface area (Å²) < 4.78 is 15.1. The minimum absolute atomic E-state index is 0.150. The number of benzene rings is 1. The fourth-order valence-corrected chi connectivity index (χ4v) is 2.30. The number of esters is 1. The Morgan fingerprint density at radius 3 is 2.46 bits per heavy atom. The van der Waals surface area contributed by atoms with Gasteiger partial charge in [-0.2, -0.15) is 0 Å². The molecular formula is C19H22N2O5. The number of amides is 1. The molecule has 0 saturated carbocycles. The Labute approximate surface area is 152 Å². The maximum absolute atomic E-state index is 12.1. The molecule has 1 heterocycles. The van der Waals surface area contributed by atoms with Crippen molar-refractivity contribution in [3.05, 3.63) is 59.8 Å². The molecule has 1 aromatic heterocycles. The summed E-state index contributed by atoms with van der Waals surface area (Å²) in [6, 6.07) is 12.2. The van der Waals surface area contributed by atoms with Crippen LogP contribution in [0.2, 0.25) is 0 Å². The van der Waals surface area contributed by atoms with E-state index in [0.717, 1.165) is 11.1 Å². The van der Waals surface area contributed by atoms with Crippen molar-refractivity contribution >= 4 is 11.9 Å². The number of hydrogen-bond donors (Lipinski definition) is 1. The topological polar surface area (TPSA) is 86.8 Å². The molecule has 1 N–H and O–H groups in total. The van der Waals surface area contributed by atoms with Crippen LogP contribution in [0.4, 0.5) is 0 Å². The average Bonchev–Trinajstić information content (AvgIpc) is 2.68. The summed E-state index contributed by atoms with van der Waals surface area (Å²) in [6.45, 7) is 0.169. The Morgan fingerprint density at radius 2 is 1.85 bits per heavy atom. The van der Waals surface area contributed by atoms with Gasteiger partial charge >= 0.3 is 5.97 Å². The molecule has 2 rings (SSSR count). The van der Waals surface area contributed by atoms with Gasteiger partial charge in [0.05, 0.1) is 20.8 Å².